The summed E-state index contributed by atoms with van der Waals surface area (Å²) in [5.41, 5.74) is 1.57. The van der Waals surface area contributed by atoms with Crippen LogP contribution >= 0.6 is 0 Å². The highest BCUT2D eigenvalue weighted by Gasteiger charge is 2.11. The van der Waals surface area contributed by atoms with Crippen LogP contribution in [0, 0.1) is 10.1 Å². The van der Waals surface area contributed by atoms with Crippen LogP contribution in [0.5, 0.6) is 0 Å². The molecule has 0 bridgehead atoms. The minimum atomic E-state index is -0.492. The van der Waals surface area contributed by atoms with Gasteiger partial charge in [-0.15, -0.1) is 0 Å². The molecule has 1 aromatic heterocycles. The number of nitro benzene ring substituents is 1. The molecule has 1 aromatic carbocycles. The van der Waals surface area contributed by atoms with Crippen LogP contribution in [0.3, 0.4) is 0 Å². The van der Waals surface area contributed by atoms with E-state index in [-0.39, 0.29) is 18.1 Å². The van der Waals surface area contributed by atoms with Gasteiger partial charge in [0.1, 0.15) is 0 Å². The van der Waals surface area contributed by atoms with Gasteiger partial charge in [-0.3, -0.25) is 14.9 Å². The molecular formula is C15H16N3O3+. The van der Waals surface area contributed by atoms with Crippen LogP contribution in [-0.2, 0) is 17.8 Å². The van der Waals surface area contributed by atoms with Gasteiger partial charge in [0.05, 0.1) is 4.92 Å². The molecule has 1 amide bonds. The van der Waals surface area contributed by atoms with Crippen molar-refractivity contribution in [1.82, 2.24) is 0 Å². The second-order valence-electron chi connectivity index (χ2n) is 4.59. The number of hydrogen-bond acceptors (Lipinski definition) is 3. The maximum Gasteiger partial charge on any atom is 0.290 e. The van der Waals surface area contributed by atoms with Gasteiger partial charge in [0.15, 0.2) is 12.4 Å². The van der Waals surface area contributed by atoms with Crippen LogP contribution in [0.4, 0.5) is 11.4 Å². The Morgan fingerprint density at radius 1 is 1.29 bits per heavy atom. The van der Waals surface area contributed by atoms with Gasteiger partial charge < -0.3 is 5.32 Å². The number of amides is 1. The van der Waals surface area contributed by atoms with E-state index in [4.69, 9.17) is 0 Å². The van der Waals surface area contributed by atoms with E-state index in [2.05, 4.69) is 12.2 Å². The van der Waals surface area contributed by atoms with Gasteiger partial charge in [-0.25, -0.2) is 0 Å². The van der Waals surface area contributed by atoms with Gasteiger partial charge in [0.2, 0.25) is 6.54 Å². The predicted molar refractivity (Wildman–Crippen MR) is 77.7 cm³/mol. The number of hydrogen-bond donors (Lipinski definition) is 1. The maximum absolute atomic E-state index is 11.9. The number of aryl methyl sites for hydroxylation is 1. The summed E-state index contributed by atoms with van der Waals surface area (Å²) in [6.07, 6.45) is 4.62. The molecule has 2 aromatic rings. The molecule has 0 radical (unpaired) electrons. The standard InChI is InChI=1S/C15H15N3O3/c1-2-12-6-8-17(9-7-12)11-15(19)16-13-4-3-5-14(10-13)18(20)21/h3-10H,2,11H2,1H3/p+1. The molecule has 1 N–H and O–H groups in total. The number of anilines is 1. The largest absolute Gasteiger partial charge is 0.320 e. The number of nitrogens with zero attached hydrogens (tertiary/aromatic N) is 2. The van der Waals surface area contributed by atoms with E-state index in [0.717, 1.165) is 6.42 Å². The van der Waals surface area contributed by atoms with Crippen LogP contribution in [-0.4, -0.2) is 10.8 Å². The van der Waals surface area contributed by atoms with Crippen molar-refractivity contribution >= 4 is 17.3 Å². The topological polar surface area (TPSA) is 76.1 Å². The first-order chi connectivity index (χ1) is 10.1. The molecule has 0 aliphatic heterocycles. The molecule has 2 rings (SSSR count). The van der Waals surface area contributed by atoms with Gasteiger partial charge in [-0.1, -0.05) is 13.0 Å². The number of rotatable bonds is 5. The third-order valence-corrected chi connectivity index (χ3v) is 3.04. The number of carbonyl (C=O) groups excluding carboxylic acids is 1. The quantitative estimate of drug-likeness (QED) is 0.519. The zero-order valence-electron chi connectivity index (χ0n) is 11.7. The fraction of sp³-hybridized carbons (Fsp3) is 0.200. The van der Waals surface area contributed by atoms with Crippen molar-refractivity contribution in [3.8, 4) is 0 Å². The Labute approximate surface area is 122 Å². The highest BCUT2D eigenvalue weighted by molar-refractivity contribution is 5.89. The summed E-state index contributed by atoms with van der Waals surface area (Å²) < 4.78 is 1.76. The van der Waals surface area contributed by atoms with Crippen LogP contribution in [0.25, 0.3) is 0 Å². The Bertz CT molecular complexity index is 653. The lowest BCUT2D eigenvalue weighted by Gasteiger charge is -2.03. The Balaban J connectivity index is 2.00. The van der Waals surface area contributed by atoms with Gasteiger partial charge in [-0.2, -0.15) is 4.57 Å². The van der Waals surface area contributed by atoms with Gasteiger partial charge in [0, 0.05) is 30.0 Å². The van der Waals surface area contributed by atoms with Crippen molar-refractivity contribution in [2.75, 3.05) is 5.32 Å². The van der Waals surface area contributed by atoms with Crippen molar-refractivity contribution in [2.24, 2.45) is 0 Å². The molecule has 0 atom stereocenters. The fourth-order valence-corrected chi connectivity index (χ4v) is 1.89. The summed E-state index contributed by atoms with van der Waals surface area (Å²) in [6, 6.07) is 9.80. The van der Waals surface area contributed by atoms with Gasteiger partial charge in [0.25, 0.3) is 11.6 Å². The van der Waals surface area contributed by atoms with Crippen LogP contribution in [0.2, 0.25) is 0 Å². The minimum Gasteiger partial charge on any atom is -0.320 e. The Kier molecular flexibility index (Phi) is 4.61. The summed E-state index contributed by atoms with van der Waals surface area (Å²) in [4.78, 5) is 22.1. The van der Waals surface area contributed by atoms with E-state index in [9.17, 15) is 14.9 Å². The molecule has 21 heavy (non-hydrogen) atoms. The average molecular weight is 286 g/mol. The molecule has 0 aliphatic rings. The van der Waals surface area contributed by atoms with E-state index in [1.807, 2.05) is 24.5 Å². The molecule has 0 saturated carbocycles. The van der Waals surface area contributed by atoms with E-state index in [1.165, 1.54) is 23.8 Å². The molecule has 0 aliphatic carbocycles. The molecule has 1 heterocycles. The third-order valence-electron chi connectivity index (χ3n) is 3.04. The fourth-order valence-electron chi connectivity index (χ4n) is 1.89. The molecule has 6 nitrogen and oxygen atoms in total. The summed E-state index contributed by atoms with van der Waals surface area (Å²) >= 11 is 0. The Morgan fingerprint density at radius 2 is 2.00 bits per heavy atom. The molecule has 0 saturated heterocycles. The molecular weight excluding hydrogens is 270 g/mol. The van der Waals surface area contributed by atoms with E-state index in [0.29, 0.717) is 5.69 Å². The normalized spacial score (nSPS) is 10.1. The van der Waals surface area contributed by atoms with Crippen molar-refractivity contribution < 1.29 is 14.3 Å². The van der Waals surface area contributed by atoms with Gasteiger partial charge >= 0.3 is 0 Å². The SMILES string of the molecule is CCc1cc[n+](CC(=O)Nc2cccc([N+](=O)[O-])c2)cc1. The second-order valence-corrected chi connectivity index (χ2v) is 4.59. The molecule has 108 valence electrons. The number of nitro groups is 1. The first kappa shape index (κ1) is 14.6. The molecule has 0 unspecified atom stereocenters. The number of benzene rings is 1. The van der Waals surface area contributed by atoms with Crippen molar-refractivity contribution in [1.29, 1.82) is 0 Å². The summed E-state index contributed by atoms with van der Waals surface area (Å²) in [5, 5.41) is 13.3. The number of carbonyl (C=O) groups is 1. The lowest BCUT2D eigenvalue weighted by molar-refractivity contribution is -0.684. The van der Waals surface area contributed by atoms with Crippen LogP contribution < -0.4 is 9.88 Å². The summed E-state index contributed by atoms with van der Waals surface area (Å²) in [6.45, 7) is 2.22. The lowest BCUT2D eigenvalue weighted by atomic mass is 10.2. The second kappa shape index (κ2) is 6.60. The number of pyridine rings is 1. The van der Waals surface area contributed by atoms with E-state index < -0.39 is 4.92 Å². The minimum absolute atomic E-state index is 0.0484. The molecule has 0 fully saturated rings. The van der Waals surface area contributed by atoms with E-state index in [1.54, 1.807) is 10.6 Å². The average Bonchev–Trinajstić information content (AvgIpc) is 2.48. The van der Waals surface area contributed by atoms with Crippen LogP contribution in [0.1, 0.15) is 12.5 Å². The summed E-state index contributed by atoms with van der Waals surface area (Å²) in [7, 11) is 0. The lowest BCUT2D eigenvalue weighted by Crippen LogP contribution is -2.39. The zero-order chi connectivity index (χ0) is 15.2. The highest BCUT2D eigenvalue weighted by Crippen LogP contribution is 2.16. The Hall–Kier alpha value is -2.76. The Morgan fingerprint density at radius 3 is 2.62 bits per heavy atom. The van der Waals surface area contributed by atoms with Crippen molar-refractivity contribution in [3.63, 3.8) is 0 Å². The summed E-state index contributed by atoms with van der Waals surface area (Å²) in [5.74, 6) is -0.232. The monoisotopic (exact) mass is 286 g/mol. The smallest absolute Gasteiger partial charge is 0.290 e. The highest BCUT2D eigenvalue weighted by atomic mass is 16.6. The van der Waals surface area contributed by atoms with E-state index >= 15 is 0 Å². The third kappa shape index (κ3) is 4.10. The molecule has 6 heteroatoms. The molecule has 0 spiro atoms. The van der Waals surface area contributed by atoms with Crippen molar-refractivity contribution in [3.05, 3.63) is 64.5 Å². The predicted octanol–water partition coefficient (Wildman–Crippen LogP) is 2.08. The van der Waals surface area contributed by atoms with Crippen molar-refractivity contribution in [2.45, 2.75) is 19.9 Å². The first-order valence-electron chi connectivity index (χ1n) is 6.61. The maximum atomic E-state index is 11.9. The van der Waals surface area contributed by atoms with Gasteiger partial charge in [-0.05, 0) is 18.1 Å². The number of non-ortho nitro benzene ring substituents is 1. The number of nitrogens with one attached hydrogen (secondary N) is 1. The van der Waals surface area contributed by atoms with Crippen LogP contribution in [0.15, 0.2) is 48.8 Å². The number of aromatic nitrogens is 1. The zero-order valence-corrected chi connectivity index (χ0v) is 11.7. The first-order valence-corrected chi connectivity index (χ1v) is 6.61.